The number of likely N-dealkylation sites (tertiary alicyclic amines) is 2. The first-order valence-corrected chi connectivity index (χ1v) is 9.48. The van der Waals surface area contributed by atoms with Crippen LogP contribution in [0.15, 0.2) is 28.4 Å². The third-order valence-corrected chi connectivity index (χ3v) is 6.26. The van der Waals surface area contributed by atoms with E-state index in [9.17, 15) is 4.79 Å². The zero-order valence-corrected chi connectivity index (χ0v) is 14.8. The summed E-state index contributed by atoms with van der Waals surface area (Å²) in [5.41, 5.74) is 2.30. The van der Waals surface area contributed by atoms with Gasteiger partial charge in [-0.25, -0.2) is 4.98 Å². The molecule has 2 saturated heterocycles. The summed E-state index contributed by atoms with van der Waals surface area (Å²) < 4.78 is 5.16. The van der Waals surface area contributed by atoms with Gasteiger partial charge in [0.25, 0.3) is 0 Å². The summed E-state index contributed by atoms with van der Waals surface area (Å²) in [6.45, 7) is 5.69. The number of aryl methyl sites for hydroxylation is 1. The maximum Gasteiger partial charge on any atom is 0.223 e. The SMILES string of the molecule is Cc1nc(CN2C(=O)CCC23CCN(Cc2ccoc2)CC3)cs1. The Morgan fingerprint density at radius 2 is 2.12 bits per heavy atom. The van der Waals surface area contributed by atoms with Gasteiger partial charge in [-0.3, -0.25) is 9.69 Å². The summed E-state index contributed by atoms with van der Waals surface area (Å²) in [6, 6.07) is 2.03. The minimum Gasteiger partial charge on any atom is -0.472 e. The minimum absolute atomic E-state index is 0.0432. The fraction of sp³-hybridized carbons (Fsp3) is 0.556. The molecule has 1 spiro atoms. The van der Waals surface area contributed by atoms with Crippen molar-refractivity contribution in [3.63, 3.8) is 0 Å². The van der Waals surface area contributed by atoms with Gasteiger partial charge in [0.2, 0.25) is 5.91 Å². The Bertz CT molecular complexity index is 702. The number of aromatic nitrogens is 1. The molecule has 2 fully saturated rings. The van der Waals surface area contributed by atoms with Gasteiger partial charge in [0.1, 0.15) is 0 Å². The lowest BCUT2D eigenvalue weighted by atomic mass is 9.84. The molecule has 1 amide bonds. The quantitative estimate of drug-likeness (QED) is 0.854. The summed E-state index contributed by atoms with van der Waals surface area (Å²) in [5, 5.41) is 3.16. The van der Waals surface area contributed by atoms with Crippen LogP contribution < -0.4 is 0 Å². The van der Waals surface area contributed by atoms with Gasteiger partial charge in [-0.05, 0) is 32.3 Å². The van der Waals surface area contributed by atoms with E-state index >= 15 is 0 Å². The number of thiazole rings is 1. The first-order valence-electron chi connectivity index (χ1n) is 8.60. The van der Waals surface area contributed by atoms with Gasteiger partial charge in [-0.1, -0.05) is 0 Å². The average Bonchev–Trinajstić information content (AvgIpc) is 3.29. The summed E-state index contributed by atoms with van der Waals surface area (Å²) in [5.74, 6) is 0.295. The van der Waals surface area contributed by atoms with E-state index in [1.807, 2.05) is 19.3 Å². The van der Waals surface area contributed by atoms with Gasteiger partial charge >= 0.3 is 0 Å². The number of carbonyl (C=O) groups is 1. The first-order chi connectivity index (χ1) is 11.6. The lowest BCUT2D eigenvalue weighted by Crippen LogP contribution is -2.52. The summed E-state index contributed by atoms with van der Waals surface area (Å²) in [7, 11) is 0. The van der Waals surface area contributed by atoms with Crippen LogP contribution in [0.3, 0.4) is 0 Å². The second-order valence-corrected chi connectivity index (χ2v) is 8.03. The Balaban J connectivity index is 1.43. The van der Waals surface area contributed by atoms with Gasteiger partial charge in [-0.15, -0.1) is 11.3 Å². The Morgan fingerprint density at radius 1 is 1.29 bits per heavy atom. The van der Waals surface area contributed by atoms with Gasteiger partial charge in [0.05, 0.1) is 29.8 Å². The van der Waals surface area contributed by atoms with Crippen LogP contribution in [0.1, 0.15) is 41.9 Å². The molecule has 2 aliphatic rings. The molecule has 4 heterocycles. The van der Waals surface area contributed by atoms with Crippen LogP contribution in [0.5, 0.6) is 0 Å². The van der Waals surface area contributed by atoms with Crippen molar-refractivity contribution in [2.24, 2.45) is 0 Å². The molecule has 0 aliphatic carbocycles. The van der Waals surface area contributed by atoms with Crippen molar-refractivity contribution in [1.29, 1.82) is 0 Å². The Kier molecular flexibility index (Phi) is 4.18. The molecule has 2 aromatic heterocycles. The molecule has 0 N–H and O–H groups in total. The third kappa shape index (κ3) is 3.00. The molecule has 0 atom stereocenters. The average molecular weight is 345 g/mol. The van der Waals surface area contributed by atoms with Gasteiger partial charge in [-0.2, -0.15) is 0 Å². The van der Waals surface area contributed by atoms with Gasteiger partial charge in [0.15, 0.2) is 0 Å². The predicted octanol–water partition coefficient (Wildman–Crippen LogP) is 3.20. The first kappa shape index (κ1) is 15.8. The van der Waals surface area contributed by atoms with Crippen molar-refractivity contribution in [2.45, 2.75) is 51.2 Å². The maximum absolute atomic E-state index is 12.5. The molecule has 128 valence electrons. The third-order valence-electron chi connectivity index (χ3n) is 5.44. The number of hydrogen-bond donors (Lipinski definition) is 0. The molecule has 0 unspecified atom stereocenters. The zero-order valence-electron chi connectivity index (χ0n) is 14.0. The molecule has 0 saturated carbocycles. The molecular formula is C18H23N3O2S. The van der Waals surface area contributed by atoms with Crippen molar-refractivity contribution in [2.75, 3.05) is 13.1 Å². The molecule has 4 rings (SSSR count). The highest BCUT2D eigenvalue weighted by Crippen LogP contribution is 2.40. The lowest BCUT2D eigenvalue weighted by molar-refractivity contribution is -0.133. The molecule has 5 nitrogen and oxygen atoms in total. The Hall–Kier alpha value is -1.66. The summed E-state index contributed by atoms with van der Waals surface area (Å²) >= 11 is 1.66. The van der Waals surface area contributed by atoms with Gasteiger partial charge in [0, 0.05) is 42.5 Å². The topological polar surface area (TPSA) is 49.6 Å². The lowest BCUT2D eigenvalue weighted by Gasteiger charge is -2.44. The van der Waals surface area contributed by atoms with Gasteiger partial charge < -0.3 is 9.32 Å². The van der Waals surface area contributed by atoms with Crippen LogP contribution in [0.25, 0.3) is 0 Å². The van der Waals surface area contributed by atoms with Crippen molar-refractivity contribution in [1.82, 2.24) is 14.8 Å². The highest BCUT2D eigenvalue weighted by molar-refractivity contribution is 7.09. The number of rotatable bonds is 4. The minimum atomic E-state index is 0.0432. The fourth-order valence-corrected chi connectivity index (χ4v) is 4.66. The van der Waals surface area contributed by atoms with E-state index in [-0.39, 0.29) is 5.54 Å². The summed E-state index contributed by atoms with van der Waals surface area (Å²) in [4.78, 5) is 21.6. The van der Waals surface area contributed by atoms with E-state index < -0.39 is 0 Å². The maximum atomic E-state index is 12.5. The zero-order chi connectivity index (χ0) is 16.6. The Labute approximate surface area is 146 Å². The highest BCUT2D eigenvalue weighted by Gasteiger charge is 2.46. The largest absolute Gasteiger partial charge is 0.472 e. The number of carbonyl (C=O) groups excluding carboxylic acids is 1. The second kappa shape index (κ2) is 6.33. The highest BCUT2D eigenvalue weighted by atomic mass is 32.1. The van der Waals surface area contributed by atoms with Crippen LogP contribution in [-0.2, 0) is 17.9 Å². The standard InChI is InChI=1S/C18H23N3O2S/c1-14-19-16(13-24-14)11-21-17(22)2-4-18(21)5-7-20(8-6-18)10-15-3-9-23-12-15/h3,9,12-13H,2,4-8,10-11H2,1H3. The van der Waals surface area contributed by atoms with Crippen molar-refractivity contribution < 1.29 is 9.21 Å². The molecule has 6 heteroatoms. The monoisotopic (exact) mass is 345 g/mol. The molecule has 0 aromatic carbocycles. The summed E-state index contributed by atoms with van der Waals surface area (Å²) in [6.07, 6.45) is 7.34. The van der Waals surface area contributed by atoms with Crippen molar-refractivity contribution in [3.05, 3.63) is 40.2 Å². The van der Waals surface area contributed by atoms with E-state index in [4.69, 9.17) is 4.42 Å². The normalized spacial score (nSPS) is 21.0. The van der Waals surface area contributed by atoms with Crippen molar-refractivity contribution in [3.8, 4) is 0 Å². The van der Waals surface area contributed by atoms with Crippen LogP contribution in [0, 0.1) is 6.92 Å². The molecule has 2 aliphatic heterocycles. The molecular weight excluding hydrogens is 322 g/mol. The number of hydrogen-bond acceptors (Lipinski definition) is 5. The molecule has 24 heavy (non-hydrogen) atoms. The van der Waals surface area contributed by atoms with Crippen LogP contribution in [0.4, 0.5) is 0 Å². The molecule has 2 aromatic rings. The van der Waals surface area contributed by atoms with Crippen molar-refractivity contribution >= 4 is 17.2 Å². The van der Waals surface area contributed by atoms with Crippen LogP contribution in [-0.4, -0.2) is 39.3 Å². The smallest absolute Gasteiger partial charge is 0.223 e. The number of piperidine rings is 1. The van der Waals surface area contributed by atoms with E-state index in [0.29, 0.717) is 18.9 Å². The number of furan rings is 1. The van der Waals surface area contributed by atoms with Crippen LogP contribution >= 0.6 is 11.3 Å². The second-order valence-electron chi connectivity index (χ2n) is 6.97. The van der Waals surface area contributed by atoms with E-state index in [1.165, 1.54) is 5.56 Å². The molecule has 0 radical (unpaired) electrons. The Morgan fingerprint density at radius 3 is 2.79 bits per heavy atom. The number of amides is 1. The van der Waals surface area contributed by atoms with E-state index in [1.54, 1.807) is 17.6 Å². The van der Waals surface area contributed by atoms with E-state index in [0.717, 1.165) is 49.6 Å². The predicted molar refractivity (Wildman–Crippen MR) is 92.6 cm³/mol. The number of nitrogens with zero attached hydrogens (tertiary/aromatic N) is 3. The molecule has 0 bridgehead atoms. The van der Waals surface area contributed by atoms with E-state index in [2.05, 4.69) is 20.2 Å². The fourth-order valence-electron chi connectivity index (χ4n) is 4.06. The van der Waals surface area contributed by atoms with Crippen LogP contribution in [0.2, 0.25) is 0 Å².